The van der Waals surface area contributed by atoms with Crippen molar-refractivity contribution in [1.82, 2.24) is 14.3 Å². The van der Waals surface area contributed by atoms with E-state index in [9.17, 15) is 19.5 Å². The number of thioether (sulfide) groups is 1. The maximum atomic E-state index is 13.3. The predicted molar refractivity (Wildman–Crippen MR) is 133 cm³/mol. The van der Waals surface area contributed by atoms with Gasteiger partial charge in [0.25, 0.3) is 11.5 Å². The number of amides is 1. The van der Waals surface area contributed by atoms with Crippen LogP contribution >= 0.6 is 24.0 Å². The number of thiocarbonyl (C=S) groups is 1. The van der Waals surface area contributed by atoms with E-state index < -0.39 is 23.5 Å². The lowest BCUT2D eigenvalue weighted by atomic mass is 10.1. The number of nitrogens with zero attached hydrogens (tertiary/aromatic N) is 3. The zero-order valence-electron chi connectivity index (χ0n) is 17.7. The van der Waals surface area contributed by atoms with Gasteiger partial charge in [-0.25, -0.2) is 4.98 Å². The Morgan fingerprint density at radius 2 is 1.91 bits per heavy atom. The number of carbonyl (C=O) groups is 2. The Labute approximate surface area is 203 Å². The third kappa shape index (κ3) is 5.01. The van der Waals surface area contributed by atoms with E-state index in [-0.39, 0.29) is 40.1 Å². The Morgan fingerprint density at radius 3 is 2.65 bits per heavy atom. The molecule has 3 aromatic rings. The molecule has 3 heterocycles. The number of carboxylic acid groups (broad SMARTS) is 1. The number of pyridine rings is 1. The minimum atomic E-state index is -1.04. The molecule has 0 saturated carbocycles. The Hall–Kier alpha value is -3.54. The molecule has 1 aliphatic rings. The number of aliphatic hydroxyl groups is 1. The average molecular weight is 497 g/mol. The standard InChI is InChI=1S/C23H20N4O5S2/c28-16(14-6-2-1-3-7-14)13-24-20-15(21(31)26-10-5-4-8-18(26)25-20)12-17-22(32)27(23(33)34-17)11-9-19(29)30/h1-8,10,12,16,24,28H,9,11,13H2,(H,29,30)/b17-12+/t16-/m1/s1. The van der Waals surface area contributed by atoms with Gasteiger partial charge in [0.15, 0.2) is 0 Å². The Morgan fingerprint density at radius 1 is 1.18 bits per heavy atom. The molecule has 3 N–H and O–H groups in total. The van der Waals surface area contributed by atoms with Crippen LogP contribution in [0.2, 0.25) is 0 Å². The fourth-order valence-corrected chi connectivity index (χ4v) is 4.68. The lowest BCUT2D eigenvalue weighted by molar-refractivity contribution is -0.137. The number of anilines is 1. The third-order valence-electron chi connectivity index (χ3n) is 5.11. The minimum Gasteiger partial charge on any atom is -0.481 e. The summed E-state index contributed by atoms with van der Waals surface area (Å²) in [5, 5.41) is 22.5. The van der Waals surface area contributed by atoms with Crippen molar-refractivity contribution in [3.63, 3.8) is 0 Å². The summed E-state index contributed by atoms with van der Waals surface area (Å²) in [6.07, 6.45) is 1.89. The van der Waals surface area contributed by atoms with E-state index in [2.05, 4.69) is 10.3 Å². The van der Waals surface area contributed by atoms with Crippen molar-refractivity contribution in [3.8, 4) is 0 Å². The molecule has 0 bridgehead atoms. The van der Waals surface area contributed by atoms with Gasteiger partial charge in [-0.2, -0.15) is 0 Å². The molecule has 0 aliphatic carbocycles. The van der Waals surface area contributed by atoms with Crippen LogP contribution in [0.4, 0.5) is 5.82 Å². The van der Waals surface area contributed by atoms with Gasteiger partial charge in [0, 0.05) is 19.3 Å². The molecule has 1 aliphatic heterocycles. The molecule has 1 amide bonds. The van der Waals surface area contributed by atoms with Crippen molar-refractivity contribution in [2.24, 2.45) is 0 Å². The molecule has 11 heteroatoms. The van der Waals surface area contributed by atoms with Crippen LogP contribution in [0.5, 0.6) is 0 Å². The molecule has 1 atom stereocenters. The highest BCUT2D eigenvalue weighted by Gasteiger charge is 2.32. The van der Waals surface area contributed by atoms with Gasteiger partial charge in [-0.05, 0) is 23.8 Å². The molecule has 174 valence electrons. The minimum absolute atomic E-state index is 0.0549. The van der Waals surface area contributed by atoms with Gasteiger partial charge in [-0.15, -0.1) is 0 Å². The van der Waals surface area contributed by atoms with Crippen LogP contribution in [-0.2, 0) is 9.59 Å². The van der Waals surface area contributed by atoms with E-state index in [0.717, 1.165) is 11.8 Å². The highest BCUT2D eigenvalue weighted by atomic mass is 32.2. The second-order valence-electron chi connectivity index (χ2n) is 7.39. The molecule has 0 unspecified atom stereocenters. The molecule has 1 fully saturated rings. The van der Waals surface area contributed by atoms with Crippen molar-refractivity contribution >= 4 is 57.7 Å². The lowest BCUT2D eigenvalue weighted by Crippen LogP contribution is -2.30. The number of aromatic nitrogens is 2. The Balaban J connectivity index is 1.69. The number of hydrogen-bond donors (Lipinski definition) is 3. The first kappa shape index (κ1) is 23.6. The SMILES string of the molecule is O=C(O)CCN1C(=O)/C(=C\c2c(NC[C@@H](O)c3ccccc3)nc3ccccn3c2=O)SC1=S. The molecule has 2 aromatic heterocycles. The summed E-state index contributed by atoms with van der Waals surface area (Å²) in [6.45, 7) is 0.0283. The molecule has 1 saturated heterocycles. The van der Waals surface area contributed by atoms with Gasteiger partial charge in [0.2, 0.25) is 0 Å². The van der Waals surface area contributed by atoms with Crippen LogP contribution in [0.1, 0.15) is 23.7 Å². The lowest BCUT2D eigenvalue weighted by Gasteiger charge is -2.15. The summed E-state index contributed by atoms with van der Waals surface area (Å²) in [6, 6.07) is 14.2. The normalized spacial score (nSPS) is 15.8. The van der Waals surface area contributed by atoms with Gasteiger partial charge in [0.05, 0.1) is 23.0 Å². The average Bonchev–Trinajstić information content (AvgIpc) is 3.10. The van der Waals surface area contributed by atoms with Gasteiger partial charge in [-0.1, -0.05) is 60.4 Å². The van der Waals surface area contributed by atoms with Gasteiger partial charge >= 0.3 is 5.97 Å². The van der Waals surface area contributed by atoms with Crippen LogP contribution < -0.4 is 10.9 Å². The summed E-state index contributed by atoms with van der Waals surface area (Å²) in [7, 11) is 0. The fraction of sp³-hybridized carbons (Fsp3) is 0.174. The summed E-state index contributed by atoms with van der Waals surface area (Å²) in [5.74, 6) is -1.30. The first-order chi connectivity index (χ1) is 16.3. The van der Waals surface area contributed by atoms with Crippen LogP contribution in [0.15, 0.2) is 64.4 Å². The third-order valence-corrected chi connectivity index (χ3v) is 6.49. The maximum absolute atomic E-state index is 13.3. The zero-order valence-corrected chi connectivity index (χ0v) is 19.4. The quantitative estimate of drug-likeness (QED) is 0.319. The second-order valence-corrected chi connectivity index (χ2v) is 9.07. The molecular formula is C23H20N4O5S2. The monoisotopic (exact) mass is 496 g/mol. The van der Waals surface area contributed by atoms with Crippen LogP contribution in [0.25, 0.3) is 11.7 Å². The Kier molecular flexibility index (Phi) is 7.06. The number of benzene rings is 1. The molecular weight excluding hydrogens is 476 g/mol. The van der Waals surface area contributed by atoms with Crippen molar-refractivity contribution in [2.45, 2.75) is 12.5 Å². The van der Waals surface area contributed by atoms with Crippen molar-refractivity contribution in [3.05, 3.63) is 81.1 Å². The highest BCUT2D eigenvalue weighted by molar-refractivity contribution is 8.26. The van der Waals surface area contributed by atoms with Gasteiger partial charge < -0.3 is 15.5 Å². The summed E-state index contributed by atoms with van der Waals surface area (Å²) < 4.78 is 1.58. The molecule has 1 aromatic carbocycles. The molecule has 4 rings (SSSR count). The van der Waals surface area contributed by atoms with Crippen LogP contribution in [0.3, 0.4) is 0 Å². The van der Waals surface area contributed by atoms with Crippen LogP contribution in [-0.4, -0.2) is 53.8 Å². The zero-order chi connectivity index (χ0) is 24.2. The first-order valence-electron chi connectivity index (χ1n) is 10.3. The molecule has 34 heavy (non-hydrogen) atoms. The number of carbonyl (C=O) groups excluding carboxylic acids is 1. The number of fused-ring (bicyclic) bond motifs is 1. The predicted octanol–water partition coefficient (Wildman–Crippen LogP) is 2.52. The molecule has 0 spiro atoms. The van der Waals surface area contributed by atoms with E-state index in [1.807, 2.05) is 18.2 Å². The summed E-state index contributed by atoms with van der Waals surface area (Å²) >= 11 is 6.23. The van der Waals surface area contributed by atoms with Crippen molar-refractivity contribution < 1.29 is 19.8 Å². The first-order valence-corrected chi connectivity index (χ1v) is 11.5. The number of carboxylic acids is 1. The van der Waals surface area contributed by atoms with Crippen LogP contribution in [0, 0.1) is 0 Å². The number of nitrogens with one attached hydrogen (secondary N) is 1. The van der Waals surface area contributed by atoms with E-state index in [1.54, 1.807) is 36.5 Å². The Bertz CT molecular complexity index is 1360. The molecule has 0 radical (unpaired) electrons. The number of aliphatic hydroxyl groups excluding tert-OH is 1. The summed E-state index contributed by atoms with van der Waals surface area (Å²) in [5.41, 5.74) is 0.824. The smallest absolute Gasteiger partial charge is 0.305 e. The number of hydrogen-bond acceptors (Lipinski definition) is 8. The number of aliphatic carboxylic acids is 1. The van der Waals surface area contributed by atoms with E-state index >= 15 is 0 Å². The summed E-state index contributed by atoms with van der Waals surface area (Å²) in [4.78, 5) is 42.9. The highest BCUT2D eigenvalue weighted by Crippen LogP contribution is 2.33. The largest absolute Gasteiger partial charge is 0.481 e. The van der Waals surface area contributed by atoms with E-state index in [0.29, 0.717) is 11.2 Å². The fourth-order valence-electron chi connectivity index (χ4n) is 3.39. The second kappa shape index (κ2) is 10.2. The molecule has 9 nitrogen and oxygen atoms in total. The maximum Gasteiger partial charge on any atom is 0.305 e. The van der Waals surface area contributed by atoms with E-state index in [1.165, 1.54) is 15.4 Å². The number of rotatable bonds is 8. The van der Waals surface area contributed by atoms with Crippen molar-refractivity contribution in [1.29, 1.82) is 0 Å². The topological polar surface area (TPSA) is 124 Å². The van der Waals surface area contributed by atoms with Gasteiger partial charge in [-0.3, -0.25) is 23.7 Å². The van der Waals surface area contributed by atoms with E-state index in [4.69, 9.17) is 17.3 Å². The van der Waals surface area contributed by atoms with Crippen molar-refractivity contribution in [2.75, 3.05) is 18.4 Å². The van der Waals surface area contributed by atoms with Gasteiger partial charge in [0.1, 0.15) is 15.8 Å².